The van der Waals surface area contributed by atoms with Crippen LogP contribution < -0.4 is 10.1 Å². The molecule has 0 fully saturated rings. The van der Waals surface area contributed by atoms with Gasteiger partial charge in [0.25, 0.3) is 5.91 Å². The maximum Gasteiger partial charge on any atom is 0.272 e. The third kappa shape index (κ3) is 3.51. The Morgan fingerprint density at radius 3 is 3.00 bits per heavy atom. The Labute approximate surface area is 153 Å². The average molecular weight is 370 g/mol. The summed E-state index contributed by atoms with van der Waals surface area (Å²) in [6.45, 7) is 0.131. The molecule has 0 aliphatic heterocycles. The number of aromatic amines is 1. The van der Waals surface area contributed by atoms with Crippen molar-refractivity contribution < 1.29 is 18.3 Å². The van der Waals surface area contributed by atoms with Gasteiger partial charge >= 0.3 is 0 Å². The van der Waals surface area contributed by atoms with E-state index in [4.69, 9.17) is 4.74 Å². The van der Waals surface area contributed by atoms with Crippen molar-refractivity contribution in [3.8, 4) is 11.6 Å². The summed E-state index contributed by atoms with van der Waals surface area (Å²) in [5, 5.41) is 9.78. The topological polar surface area (TPSA) is 79.9 Å². The summed E-state index contributed by atoms with van der Waals surface area (Å²) < 4.78 is 32.3. The van der Waals surface area contributed by atoms with Crippen molar-refractivity contribution in [3.05, 3.63) is 70.7 Å². The van der Waals surface area contributed by atoms with Gasteiger partial charge in [0.2, 0.25) is 5.88 Å². The molecular formula is C19H16F2N4O2. The molecule has 0 unspecified atom stereocenters. The molecule has 2 heterocycles. The van der Waals surface area contributed by atoms with E-state index in [2.05, 4.69) is 20.5 Å². The number of ether oxygens (including phenoxy) is 1. The summed E-state index contributed by atoms with van der Waals surface area (Å²) in [6, 6.07) is 6.41. The number of aromatic nitrogens is 3. The highest BCUT2D eigenvalue weighted by molar-refractivity contribution is 5.94. The molecule has 1 amide bonds. The minimum absolute atomic E-state index is 0.131. The fraction of sp³-hybridized carbons (Fsp3) is 0.211. The number of rotatable bonds is 5. The van der Waals surface area contributed by atoms with E-state index in [-0.39, 0.29) is 24.1 Å². The number of nitrogens with one attached hydrogen (secondary N) is 2. The number of hydrogen-bond acceptors (Lipinski definition) is 4. The maximum absolute atomic E-state index is 13.8. The standard InChI is InChI=1S/C19H16F2N4O2/c20-12-6-7-16(14(21)9-12)27-19-11(3-2-8-22-19)10-23-18(26)17-13-4-1-5-15(13)24-25-17/h2-3,6-9H,1,4-5,10H2,(H,23,26)(H,24,25). The first-order valence-corrected chi connectivity index (χ1v) is 8.53. The first-order chi connectivity index (χ1) is 13.1. The van der Waals surface area contributed by atoms with E-state index in [1.165, 1.54) is 12.3 Å². The van der Waals surface area contributed by atoms with E-state index in [1.54, 1.807) is 12.1 Å². The first kappa shape index (κ1) is 17.1. The van der Waals surface area contributed by atoms with E-state index < -0.39 is 11.6 Å². The molecule has 6 nitrogen and oxygen atoms in total. The molecule has 0 saturated carbocycles. The number of aryl methyl sites for hydroxylation is 1. The number of carbonyl (C=O) groups excluding carboxylic acids is 1. The first-order valence-electron chi connectivity index (χ1n) is 8.53. The molecule has 1 aliphatic rings. The van der Waals surface area contributed by atoms with Crippen LogP contribution in [0.15, 0.2) is 36.5 Å². The monoisotopic (exact) mass is 370 g/mol. The zero-order valence-corrected chi connectivity index (χ0v) is 14.3. The van der Waals surface area contributed by atoms with E-state index >= 15 is 0 Å². The largest absolute Gasteiger partial charge is 0.436 e. The quantitative estimate of drug-likeness (QED) is 0.722. The third-order valence-corrected chi connectivity index (χ3v) is 4.41. The van der Waals surface area contributed by atoms with Gasteiger partial charge in [-0.25, -0.2) is 13.8 Å². The summed E-state index contributed by atoms with van der Waals surface area (Å²) in [4.78, 5) is 16.5. The van der Waals surface area contributed by atoms with E-state index in [1.807, 2.05) is 0 Å². The lowest BCUT2D eigenvalue weighted by molar-refractivity contribution is 0.0944. The van der Waals surface area contributed by atoms with E-state index in [0.29, 0.717) is 11.3 Å². The van der Waals surface area contributed by atoms with Crippen LogP contribution in [0.4, 0.5) is 8.78 Å². The van der Waals surface area contributed by atoms with Gasteiger partial charge in [-0.05, 0) is 37.5 Å². The van der Waals surface area contributed by atoms with Gasteiger partial charge in [0.05, 0.1) is 0 Å². The molecule has 2 aromatic heterocycles. The smallest absolute Gasteiger partial charge is 0.272 e. The number of nitrogens with zero attached hydrogens (tertiary/aromatic N) is 2. The highest BCUT2D eigenvalue weighted by atomic mass is 19.1. The highest BCUT2D eigenvalue weighted by Gasteiger charge is 2.23. The molecule has 0 spiro atoms. The van der Waals surface area contributed by atoms with Crippen LogP contribution in [0, 0.1) is 11.6 Å². The Morgan fingerprint density at radius 1 is 1.26 bits per heavy atom. The van der Waals surface area contributed by atoms with Gasteiger partial charge in [0.15, 0.2) is 17.3 Å². The van der Waals surface area contributed by atoms with Crippen LogP contribution in [0.25, 0.3) is 0 Å². The molecule has 0 atom stereocenters. The van der Waals surface area contributed by atoms with Gasteiger partial charge in [-0.3, -0.25) is 9.89 Å². The second-order valence-electron chi connectivity index (χ2n) is 6.21. The molecule has 8 heteroatoms. The Hall–Kier alpha value is -3.29. The lowest BCUT2D eigenvalue weighted by atomic mass is 10.2. The van der Waals surface area contributed by atoms with Crippen LogP contribution in [-0.4, -0.2) is 21.1 Å². The van der Waals surface area contributed by atoms with Crippen molar-refractivity contribution >= 4 is 5.91 Å². The van der Waals surface area contributed by atoms with Crippen molar-refractivity contribution in [2.75, 3.05) is 0 Å². The summed E-state index contributed by atoms with van der Waals surface area (Å²) in [6.07, 6.45) is 4.23. The molecule has 138 valence electrons. The zero-order valence-electron chi connectivity index (χ0n) is 14.3. The predicted octanol–water partition coefficient (Wildman–Crippen LogP) is 3.29. The molecule has 4 rings (SSSR count). The number of benzene rings is 1. The Kier molecular flexibility index (Phi) is 4.53. The molecular weight excluding hydrogens is 354 g/mol. The normalized spacial score (nSPS) is 12.7. The van der Waals surface area contributed by atoms with Gasteiger partial charge in [-0.2, -0.15) is 5.10 Å². The number of pyridine rings is 1. The van der Waals surface area contributed by atoms with Crippen molar-refractivity contribution in [1.82, 2.24) is 20.5 Å². The number of H-pyrrole nitrogens is 1. The number of fused-ring (bicyclic) bond motifs is 1. The van der Waals surface area contributed by atoms with Crippen LogP contribution in [0.1, 0.15) is 33.7 Å². The SMILES string of the molecule is O=C(NCc1cccnc1Oc1ccc(F)cc1F)c1n[nH]c2c1CCC2. The molecule has 2 N–H and O–H groups in total. The van der Waals surface area contributed by atoms with Crippen LogP contribution in [0.5, 0.6) is 11.6 Å². The maximum atomic E-state index is 13.8. The molecule has 3 aromatic rings. The minimum atomic E-state index is -0.831. The minimum Gasteiger partial charge on any atom is -0.436 e. The van der Waals surface area contributed by atoms with Gasteiger partial charge in [-0.1, -0.05) is 6.07 Å². The van der Waals surface area contributed by atoms with Gasteiger partial charge in [0, 0.05) is 35.6 Å². The molecule has 0 bridgehead atoms. The van der Waals surface area contributed by atoms with Crippen LogP contribution in [-0.2, 0) is 19.4 Å². The lowest BCUT2D eigenvalue weighted by Gasteiger charge is -2.11. The Balaban J connectivity index is 1.49. The summed E-state index contributed by atoms with van der Waals surface area (Å²) in [7, 11) is 0. The number of halogens is 2. The average Bonchev–Trinajstić information content (AvgIpc) is 3.26. The third-order valence-electron chi connectivity index (χ3n) is 4.41. The van der Waals surface area contributed by atoms with Crippen molar-refractivity contribution in [1.29, 1.82) is 0 Å². The lowest BCUT2D eigenvalue weighted by Crippen LogP contribution is -2.24. The molecule has 0 saturated heterocycles. The number of hydrogen-bond donors (Lipinski definition) is 2. The fourth-order valence-electron chi connectivity index (χ4n) is 3.08. The summed E-state index contributed by atoms with van der Waals surface area (Å²) >= 11 is 0. The van der Waals surface area contributed by atoms with Crippen LogP contribution in [0.2, 0.25) is 0 Å². The number of carbonyl (C=O) groups is 1. The second kappa shape index (κ2) is 7.14. The van der Waals surface area contributed by atoms with Crippen molar-refractivity contribution in [3.63, 3.8) is 0 Å². The van der Waals surface area contributed by atoms with Crippen molar-refractivity contribution in [2.45, 2.75) is 25.8 Å². The summed E-state index contributed by atoms with van der Waals surface area (Å²) in [5.74, 6) is -1.83. The van der Waals surface area contributed by atoms with Crippen LogP contribution >= 0.6 is 0 Å². The Bertz CT molecular complexity index is 1000. The zero-order chi connectivity index (χ0) is 18.8. The van der Waals surface area contributed by atoms with Gasteiger partial charge in [0.1, 0.15) is 5.82 Å². The molecule has 1 aliphatic carbocycles. The van der Waals surface area contributed by atoms with E-state index in [0.717, 1.165) is 42.7 Å². The molecule has 0 radical (unpaired) electrons. The molecule has 27 heavy (non-hydrogen) atoms. The van der Waals surface area contributed by atoms with E-state index in [9.17, 15) is 13.6 Å². The fourth-order valence-corrected chi connectivity index (χ4v) is 3.08. The molecule has 1 aromatic carbocycles. The number of amides is 1. The van der Waals surface area contributed by atoms with Crippen LogP contribution in [0.3, 0.4) is 0 Å². The van der Waals surface area contributed by atoms with Gasteiger partial charge in [-0.15, -0.1) is 0 Å². The second-order valence-corrected chi connectivity index (χ2v) is 6.21. The highest BCUT2D eigenvalue weighted by Crippen LogP contribution is 2.26. The summed E-state index contributed by atoms with van der Waals surface area (Å²) in [5.41, 5.74) is 2.93. The van der Waals surface area contributed by atoms with Gasteiger partial charge < -0.3 is 10.1 Å². The predicted molar refractivity (Wildman–Crippen MR) is 92.5 cm³/mol. The van der Waals surface area contributed by atoms with Crippen molar-refractivity contribution in [2.24, 2.45) is 0 Å². The Morgan fingerprint density at radius 2 is 2.15 bits per heavy atom.